The third-order valence-corrected chi connectivity index (χ3v) is 3.84. The zero-order valence-electron chi connectivity index (χ0n) is 11.8. The van der Waals surface area contributed by atoms with Crippen LogP contribution in [0.5, 0.6) is 5.75 Å². The molecule has 0 amide bonds. The predicted molar refractivity (Wildman–Crippen MR) is 84.0 cm³/mol. The van der Waals surface area contributed by atoms with E-state index < -0.39 is 0 Å². The van der Waals surface area contributed by atoms with Crippen LogP contribution in [0, 0.1) is 0 Å². The molecule has 0 fully saturated rings. The summed E-state index contributed by atoms with van der Waals surface area (Å²) in [4.78, 5) is 0. The Kier molecular flexibility index (Phi) is 5.61. The molecule has 20 heavy (non-hydrogen) atoms. The van der Waals surface area contributed by atoms with Crippen LogP contribution in [-0.4, -0.2) is 23.4 Å². The van der Waals surface area contributed by atoms with E-state index >= 15 is 0 Å². The lowest BCUT2D eigenvalue weighted by Crippen LogP contribution is -2.22. The Morgan fingerprint density at radius 3 is 2.75 bits per heavy atom. The van der Waals surface area contributed by atoms with Crippen molar-refractivity contribution in [2.24, 2.45) is 0 Å². The van der Waals surface area contributed by atoms with Gasteiger partial charge in [0.2, 0.25) is 0 Å². The quantitative estimate of drug-likeness (QED) is 0.841. The van der Waals surface area contributed by atoms with Crippen molar-refractivity contribution in [2.45, 2.75) is 25.9 Å². The van der Waals surface area contributed by atoms with Crippen molar-refractivity contribution in [3.05, 3.63) is 46.7 Å². The molecule has 1 heterocycles. The summed E-state index contributed by atoms with van der Waals surface area (Å²) in [5.41, 5.74) is 1.17. The van der Waals surface area contributed by atoms with E-state index in [-0.39, 0.29) is 6.04 Å². The van der Waals surface area contributed by atoms with E-state index in [2.05, 4.69) is 33.3 Å². The molecule has 0 aliphatic rings. The van der Waals surface area contributed by atoms with Crippen LogP contribution in [0.3, 0.4) is 0 Å². The van der Waals surface area contributed by atoms with Gasteiger partial charge in [0.05, 0.1) is 29.0 Å². The number of para-hydroxylation sites is 1. The van der Waals surface area contributed by atoms with Crippen LogP contribution in [-0.2, 0) is 6.54 Å². The maximum absolute atomic E-state index is 5.76. The van der Waals surface area contributed by atoms with Gasteiger partial charge in [-0.2, -0.15) is 5.10 Å². The first-order valence-electron chi connectivity index (χ1n) is 6.82. The molecule has 2 rings (SSSR count). The first-order valence-corrected chi connectivity index (χ1v) is 7.61. The van der Waals surface area contributed by atoms with E-state index in [1.54, 1.807) is 0 Å². The first kappa shape index (κ1) is 15.1. The number of halogens is 1. The SMILES string of the molecule is CCn1ncc(Br)c1C(CCOc1ccccc1)NC. The zero-order valence-corrected chi connectivity index (χ0v) is 13.4. The van der Waals surface area contributed by atoms with Gasteiger partial charge in [0.25, 0.3) is 0 Å². The number of nitrogens with zero attached hydrogens (tertiary/aromatic N) is 2. The summed E-state index contributed by atoms with van der Waals surface area (Å²) >= 11 is 3.57. The third kappa shape index (κ3) is 3.61. The summed E-state index contributed by atoms with van der Waals surface area (Å²) in [6.07, 6.45) is 2.73. The minimum absolute atomic E-state index is 0.218. The number of rotatable bonds is 7. The molecule has 1 N–H and O–H groups in total. The maximum atomic E-state index is 5.76. The van der Waals surface area contributed by atoms with Crippen molar-refractivity contribution in [1.29, 1.82) is 0 Å². The summed E-state index contributed by atoms with van der Waals surface area (Å²) in [5.74, 6) is 0.908. The summed E-state index contributed by atoms with van der Waals surface area (Å²) in [7, 11) is 1.96. The molecule has 1 atom stereocenters. The largest absolute Gasteiger partial charge is 0.494 e. The van der Waals surface area contributed by atoms with Gasteiger partial charge < -0.3 is 10.1 Å². The topological polar surface area (TPSA) is 39.1 Å². The molecule has 0 aliphatic heterocycles. The van der Waals surface area contributed by atoms with E-state index in [1.165, 1.54) is 5.69 Å². The number of benzene rings is 1. The Labute approximate surface area is 128 Å². The molecule has 1 aromatic carbocycles. The molecular formula is C15H20BrN3O. The van der Waals surface area contributed by atoms with E-state index in [4.69, 9.17) is 4.74 Å². The Balaban J connectivity index is 1.97. The molecular weight excluding hydrogens is 318 g/mol. The zero-order chi connectivity index (χ0) is 14.4. The number of aryl methyl sites for hydroxylation is 1. The number of aromatic nitrogens is 2. The average Bonchev–Trinajstić information content (AvgIpc) is 2.86. The molecule has 4 nitrogen and oxygen atoms in total. The van der Waals surface area contributed by atoms with Crippen molar-refractivity contribution >= 4 is 15.9 Å². The summed E-state index contributed by atoms with van der Waals surface area (Å²) in [5, 5.41) is 7.69. The van der Waals surface area contributed by atoms with Crippen molar-refractivity contribution in [3.8, 4) is 5.75 Å². The lowest BCUT2D eigenvalue weighted by molar-refractivity contribution is 0.286. The molecule has 0 aliphatic carbocycles. The fourth-order valence-corrected chi connectivity index (χ4v) is 2.77. The second-order valence-electron chi connectivity index (χ2n) is 4.48. The maximum Gasteiger partial charge on any atom is 0.119 e. The average molecular weight is 338 g/mol. The van der Waals surface area contributed by atoms with Crippen molar-refractivity contribution in [1.82, 2.24) is 15.1 Å². The van der Waals surface area contributed by atoms with Gasteiger partial charge in [-0.05, 0) is 42.0 Å². The lowest BCUT2D eigenvalue weighted by atomic mass is 10.1. The molecule has 5 heteroatoms. The van der Waals surface area contributed by atoms with Gasteiger partial charge in [-0.25, -0.2) is 0 Å². The molecule has 1 aromatic heterocycles. The fraction of sp³-hybridized carbons (Fsp3) is 0.400. The first-order chi connectivity index (χ1) is 9.76. The smallest absolute Gasteiger partial charge is 0.119 e. The highest BCUT2D eigenvalue weighted by molar-refractivity contribution is 9.10. The minimum atomic E-state index is 0.218. The Hall–Kier alpha value is -1.33. The fourth-order valence-electron chi connectivity index (χ4n) is 2.20. The summed E-state index contributed by atoms with van der Waals surface area (Å²) < 4.78 is 8.81. The lowest BCUT2D eigenvalue weighted by Gasteiger charge is -2.18. The highest BCUT2D eigenvalue weighted by Crippen LogP contribution is 2.25. The third-order valence-electron chi connectivity index (χ3n) is 3.23. The number of hydrogen-bond acceptors (Lipinski definition) is 3. The number of ether oxygens (including phenoxy) is 1. The Bertz CT molecular complexity index is 527. The van der Waals surface area contributed by atoms with Gasteiger partial charge in [0.15, 0.2) is 0 Å². The molecule has 0 saturated heterocycles. The van der Waals surface area contributed by atoms with E-state index in [1.807, 2.05) is 48.3 Å². The van der Waals surface area contributed by atoms with Gasteiger partial charge in [-0.3, -0.25) is 4.68 Å². The van der Waals surface area contributed by atoms with Crippen LogP contribution in [0.1, 0.15) is 25.1 Å². The molecule has 1 unspecified atom stereocenters. The summed E-state index contributed by atoms with van der Waals surface area (Å²) in [6, 6.07) is 10.1. The Morgan fingerprint density at radius 1 is 1.35 bits per heavy atom. The van der Waals surface area contributed by atoms with E-state index in [0.29, 0.717) is 6.61 Å². The van der Waals surface area contributed by atoms with Crippen molar-refractivity contribution in [2.75, 3.05) is 13.7 Å². The molecule has 108 valence electrons. The highest BCUT2D eigenvalue weighted by atomic mass is 79.9. The van der Waals surface area contributed by atoms with Gasteiger partial charge in [0.1, 0.15) is 5.75 Å². The van der Waals surface area contributed by atoms with Crippen LogP contribution in [0.25, 0.3) is 0 Å². The minimum Gasteiger partial charge on any atom is -0.494 e. The predicted octanol–water partition coefficient (Wildman–Crippen LogP) is 3.40. The van der Waals surface area contributed by atoms with Gasteiger partial charge in [-0.1, -0.05) is 18.2 Å². The van der Waals surface area contributed by atoms with Crippen LogP contribution >= 0.6 is 15.9 Å². The second-order valence-corrected chi connectivity index (χ2v) is 5.34. The van der Waals surface area contributed by atoms with Gasteiger partial charge >= 0.3 is 0 Å². The second kappa shape index (κ2) is 7.45. The highest BCUT2D eigenvalue weighted by Gasteiger charge is 2.18. The van der Waals surface area contributed by atoms with Gasteiger partial charge in [-0.15, -0.1) is 0 Å². The standard InChI is InChI=1S/C15H20BrN3O/c1-3-19-15(13(16)11-18-19)14(17-2)9-10-20-12-7-5-4-6-8-12/h4-8,11,14,17H,3,9-10H2,1-2H3. The van der Waals surface area contributed by atoms with Crippen LogP contribution in [0.2, 0.25) is 0 Å². The monoisotopic (exact) mass is 337 g/mol. The van der Waals surface area contributed by atoms with Gasteiger partial charge in [0, 0.05) is 13.0 Å². The molecule has 0 radical (unpaired) electrons. The van der Waals surface area contributed by atoms with E-state index in [0.717, 1.165) is 23.2 Å². The molecule has 0 saturated carbocycles. The van der Waals surface area contributed by atoms with Crippen LogP contribution in [0.15, 0.2) is 41.0 Å². The van der Waals surface area contributed by atoms with Crippen LogP contribution in [0.4, 0.5) is 0 Å². The Morgan fingerprint density at radius 2 is 2.10 bits per heavy atom. The number of hydrogen-bond donors (Lipinski definition) is 1. The molecule has 0 spiro atoms. The summed E-state index contributed by atoms with van der Waals surface area (Å²) in [6.45, 7) is 3.62. The normalized spacial score (nSPS) is 12.3. The molecule has 2 aromatic rings. The number of nitrogens with one attached hydrogen (secondary N) is 1. The van der Waals surface area contributed by atoms with E-state index in [9.17, 15) is 0 Å². The van der Waals surface area contributed by atoms with Crippen molar-refractivity contribution in [3.63, 3.8) is 0 Å². The van der Waals surface area contributed by atoms with Crippen LogP contribution < -0.4 is 10.1 Å². The molecule has 0 bridgehead atoms. The van der Waals surface area contributed by atoms with Crippen molar-refractivity contribution < 1.29 is 4.74 Å².